The van der Waals surface area contributed by atoms with Crippen LogP contribution in [0.1, 0.15) is 25.3 Å². The van der Waals surface area contributed by atoms with Crippen LogP contribution in [0, 0.1) is 6.92 Å². The normalized spacial score (nSPS) is 19.2. The number of aromatic amines is 2. The van der Waals surface area contributed by atoms with E-state index in [1.807, 2.05) is 12.4 Å². The van der Waals surface area contributed by atoms with Gasteiger partial charge in [-0.05, 0) is 75.3 Å². The van der Waals surface area contributed by atoms with Crippen LogP contribution in [-0.2, 0) is 0 Å². The second-order valence-electron chi connectivity index (χ2n) is 9.64. The van der Waals surface area contributed by atoms with E-state index in [2.05, 4.69) is 73.8 Å². The number of fused-ring (bicyclic) bond motifs is 2. The van der Waals surface area contributed by atoms with Gasteiger partial charge in [-0.25, -0.2) is 4.98 Å². The minimum atomic E-state index is 0.775. The number of benzene rings is 1. The molecule has 33 heavy (non-hydrogen) atoms. The van der Waals surface area contributed by atoms with Crippen LogP contribution < -0.4 is 4.90 Å². The van der Waals surface area contributed by atoms with Crippen LogP contribution in [0.5, 0.6) is 0 Å². The smallest absolute Gasteiger partial charge is 0.137 e. The molecule has 2 saturated heterocycles. The predicted molar refractivity (Wildman–Crippen MR) is 137 cm³/mol. The highest BCUT2D eigenvalue weighted by atomic mass is 15.3. The lowest BCUT2D eigenvalue weighted by Crippen LogP contribution is -2.53. The molecule has 6 nitrogen and oxygen atoms in total. The first-order chi connectivity index (χ1) is 16.2. The van der Waals surface area contributed by atoms with Crippen LogP contribution >= 0.6 is 0 Å². The Morgan fingerprint density at radius 1 is 0.970 bits per heavy atom. The van der Waals surface area contributed by atoms with E-state index in [0.29, 0.717) is 0 Å². The molecule has 0 aliphatic carbocycles. The summed E-state index contributed by atoms with van der Waals surface area (Å²) in [6.45, 7) is 12.8. The number of hydrogen-bond donors (Lipinski definition) is 2. The largest absolute Gasteiger partial charge is 0.369 e. The number of rotatable bonds is 4. The maximum Gasteiger partial charge on any atom is 0.137 e. The molecule has 2 aliphatic heterocycles. The van der Waals surface area contributed by atoms with Gasteiger partial charge >= 0.3 is 0 Å². The Balaban J connectivity index is 1.21. The first kappa shape index (κ1) is 20.8. The number of nitrogens with one attached hydrogen (secondary N) is 2. The number of piperazine rings is 1. The Hall–Kier alpha value is -2.83. The molecular formula is C27H34N6. The highest BCUT2D eigenvalue weighted by Gasteiger charge is 2.27. The van der Waals surface area contributed by atoms with Crippen LogP contribution in [0.3, 0.4) is 0 Å². The van der Waals surface area contributed by atoms with Crippen molar-refractivity contribution in [1.82, 2.24) is 24.8 Å². The SMILES string of the molecule is CCN1CCC(N2CCN(c3ccc4[nH]c(-c5ccnc6[nH]ccc56)c(C)c4c3)CC2)CC1. The summed E-state index contributed by atoms with van der Waals surface area (Å²) < 4.78 is 0. The number of aromatic nitrogens is 3. The van der Waals surface area contributed by atoms with E-state index >= 15 is 0 Å². The van der Waals surface area contributed by atoms with Crippen LogP contribution in [0.15, 0.2) is 42.7 Å². The molecule has 0 amide bonds. The maximum absolute atomic E-state index is 4.45. The molecule has 0 radical (unpaired) electrons. The summed E-state index contributed by atoms with van der Waals surface area (Å²) in [5.74, 6) is 0. The molecule has 0 bridgehead atoms. The second kappa shape index (κ2) is 8.50. The zero-order chi connectivity index (χ0) is 22.4. The molecular weight excluding hydrogens is 408 g/mol. The van der Waals surface area contributed by atoms with Crippen LogP contribution in [0.4, 0.5) is 5.69 Å². The highest BCUT2D eigenvalue weighted by Crippen LogP contribution is 2.35. The number of piperidine rings is 1. The molecule has 6 rings (SSSR count). The molecule has 3 aromatic heterocycles. The van der Waals surface area contributed by atoms with Gasteiger partial charge in [0.25, 0.3) is 0 Å². The lowest BCUT2D eigenvalue weighted by molar-refractivity contribution is 0.106. The summed E-state index contributed by atoms with van der Waals surface area (Å²) in [5, 5.41) is 2.48. The fourth-order valence-corrected chi connectivity index (χ4v) is 5.91. The highest BCUT2D eigenvalue weighted by molar-refractivity contribution is 5.99. The van der Waals surface area contributed by atoms with Gasteiger partial charge in [0.2, 0.25) is 0 Å². The zero-order valence-corrected chi connectivity index (χ0v) is 19.8. The molecule has 2 aliphatic rings. The van der Waals surface area contributed by atoms with Gasteiger partial charge in [-0.3, -0.25) is 4.90 Å². The molecule has 0 atom stereocenters. The molecule has 172 valence electrons. The van der Waals surface area contributed by atoms with Gasteiger partial charge in [0, 0.05) is 72.2 Å². The van der Waals surface area contributed by atoms with Crippen molar-refractivity contribution in [2.75, 3.05) is 50.7 Å². The van der Waals surface area contributed by atoms with E-state index in [1.165, 1.54) is 79.0 Å². The van der Waals surface area contributed by atoms with Gasteiger partial charge in [0.05, 0.1) is 5.69 Å². The standard InChI is InChI=1S/C27H34N6/c1-3-31-12-8-20(9-13-31)32-14-16-33(17-15-32)21-4-5-25-24(18-21)19(2)26(30-25)22-6-10-28-27-23(22)7-11-29-27/h4-7,10-11,18,20,30H,3,8-9,12-17H2,1-2H3,(H,28,29). The van der Waals surface area contributed by atoms with Gasteiger partial charge in [0.1, 0.15) is 5.65 Å². The number of nitrogens with zero attached hydrogens (tertiary/aromatic N) is 4. The molecule has 0 spiro atoms. The van der Waals surface area contributed by atoms with Crippen molar-refractivity contribution >= 4 is 27.6 Å². The minimum absolute atomic E-state index is 0.775. The van der Waals surface area contributed by atoms with Crippen molar-refractivity contribution in [1.29, 1.82) is 0 Å². The molecule has 1 aromatic carbocycles. The van der Waals surface area contributed by atoms with Crippen molar-refractivity contribution in [3.05, 3.63) is 48.3 Å². The fourth-order valence-electron chi connectivity index (χ4n) is 5.91. The third-order valence-electron chi connectivity index (χ3n) is 7.97. The van der Waals surface area contributed by atoms with Gasteiger partial charge in [0.15, 0.2) is 0 Å². The fraction of sp³-hybridized carbons (Fsp3) is 0.444. The van der Waals surface area contributed by atoms with Crippen molar-refractivity contribution in [3.63, 3.8) is 0 Å². The van der Waals surface area contributed by atoms with E-state index in [1.54, 1.807) is 0 Å². The van der Waals surface area contributed by atoms with Gasteiger partial charge < -0.3 is 19.8 Å². The first-order valence-corrected chi connectivity index (χ1v) is 12.5. The quantitative estimate of drug-likeness (QED) is 0.484. The van der Waals surface area contributed by atoms with Gasteiger partial charge in [-0.1, -0.05) is 6.92 Å². The Morgan fingerprint density at radius 2 is 1.79 bits per heavy atom. The molecule has 0 unspecified atom stereocenters. The van der Waals surface area contributed by atoms with E-state index in [9.17, 15) is 0 Å². The first-order valence-electron chi connectivity index (χ1n) is 12.5. The summed E-state index contributed by atoms with van der Waals surface area (Å²) in [4.78, 5) is 19.3. The number of H-pyrrole nitrogens is 2. The molecule has 6 heteroatoms. The lowest BCUT2D eigenvalue weighted by atomic mass is 10.0. The summed E-state index contributed by atoms with van der Waals surface area (Å²) in [7, 11) is 0. The summed E-state index contributed by atoms with van der Waals surface area (Å²) in [5.41, 5.74) is 7.19. The third kappa shape index (κ3) is 3.71. The second-order valence-corrected chi connectivity index (χ2v) is 9.64. The maximum atomic E-state index is 4.45. The van der Waals surface area contributed by atoms with Crippen molar-refractivity contribution in [2.45, 2.75) is 32.7 Å². The minimum Gasteiger partial charge on any atom is -0.369 e. The van der Waals surface area contributed by atoms with Crippen LogP contribution in [0.2, 0.25) is 0 Å². The van der Waals surface area contributed by atoms with E-state index in [0.717, 1.165) is 30.2 Å². The van der Waals surface area contributed by atoms with Crippen molar-refractivity contribution < 1.29 is 0 Å². The Bertz CT molecular complexity index is 1250. The number of pyridine rings is 1. The Morgan fingerprint density at radius 3 is 2.58 bits per heavy atom. The van der Waals surface area contributed by atoms with Crippen molar-refractivity contribution in [2.24, 2.45) is 0 Å². The van der Waals surface area contributed by atoms with Crippen LogP contribution in [-0.4, -0.2) is 76.6 Å². The zero-order valence-electron chi connectivity index (χ0n) is 19.8. The summed E-state index contributed by atoms with van der Waals surface area (Å²) in [6.07, 6.45) is 6.50. The van der Waals surface area contributed by atoms with E-state index < -0.39 is 0 Å². The van der Waals surface area contributed by atoms with Gasteiger partial charge in [-0.2, -0.15) is 0 Å². The Kier molecular flexibility index (Phi) is 5.35. The topological polar surface area (TPSA) is 54.2 Å². The molecule has 5 heterocycles. The monoisotopic (exact) mass is 442 g/mol. The molecule has 0 saturated carbocycles. The van der Waals surface area contributed by atoms with E-state index in [4.69, 9.17) is 0 Å². The molecule has 2 N–H and O–H groups in total. The number of likely N-dealkylation sites (tertiary alicyclic amines) is 1. The average molecular weight is 443 g/mol. The predicted octanol–water partition coefficient (Wildman–Crippen LogP) is 4.63. The Labute approximate surface area is 195 Å². The molecule has 4 aromatic rings. The van der Waals surface area contributed by atoms with E-state index in [-0.39, 0.29) is 0 Å². The van der Waals surface area contributed by atoms with Gasteiger partial charge in [-0.15, -0.1) is 0 Å². The lowest BCUT2D eigenvalue weighted by Gasteiger charge is -2.43. The third-order valence-corrected chi connectivity index (χ3v) is 7.97. The van der Waals surface area contributed by atoms with Crippen molar-refractivity contribution in [3.8, 4) is 11.3 Å². The average Bonchev–Trinajstić information content (AvgIpc) is 3.48. The number of anilines is 1. The number of hydrogen-bond acceptors (Lipinski definition) is 4. The summed E-state index contributed by atoms with van der Waals surface area (Å²) >= 11 is 0. The number of aryl methyl sites for hydroxylation is 1. The molecule has 2 fully saturated rings. The van der Waals surface area contributed by atoms with Crippen LogP contribution in [0.25, 0.3) is 33.2 Å². The summed E-state index contributed by atoms with van der Waals surface area (Å²) in [6, 6.07) is 11.9.